The molecule has 3 N–H and O–H groups in total. The van der Waals surface area contributed by atoms with Crippen molar-refractivity contribution >= 4 is 22.9 Å². The second kappa shape index (κ2) is 9.95. The number of aliphatic hydroxyl groups excluding tert-OH is 1. The summed E-state index contributed by atoms with van der Waals surface area (Å²) in [7, 11) is 0. The van der Waals surface area contributed by atoms with E-state index >= 15 is 0 Å². The standard InChI is InChI=1S/C25H31N7O/c1-16(2)21(14-33)29-25-30-23(22-24(31-25)32(15-28-22)17(3)4)27-13-18-8-10-19(11-9-18)20-7-5-6-12-26-20/h5-12,15-17,21,33H,13-14H2,1-4H3,(H2,27,29,30,31)/t21-/m0/s1. The van der Waals surface area contributed by atoms with Gasteiger partial charge in [-0.15, -0.1) is 0 Å². The number of pyridine rings is 1. The van der Waals surface area contributed by atoms with Crippen LogP contribution in [0.1, 0.15) is 39.3 Å². The minimum atomic E-state index is -0.134. The molecule has 172 valence electrons. The Morgan fingerprint density at radius 3 is 2.39 bits per heavy atom. The Labute approximate surface area is 194 Å². The predicted octanol–water partition coefficient (Wildman–Crippen LogP) is 4.51. The van der Waals surface area contributed by atoms with E-state index in [-0.39, 0.29) is 24.6 Å². The maximum Gasteiger partial charge on any atom is 0.227 e. The van der Waals surface area contributed by atoms with Gasteiger partial charge in [-0.1, -0.05) is 44.2 Å². The molecule has 0 unspecified atom stereocenters. The van der Waals surface area contributed by atoms with E-state index in [9.17, 15) is 5.11 Å². The van der Waals surface area contributed by atoms with Crippen molar-refractivity contribution in [3.8, 4) is 11.3 Å². The Morgan fingerprint density at radius 1 is 0.970 bits per heavy atom. The van der Waals surface area contributed by atoms with Gasteiger partial charge in [0.05, 0.1) is 24.7 Å². The van der Waals surface area contributed by atoms with Crippen molar-refractivity contribution in [1.29, 1.82) is 0 Å². The molecule has 4 rings (SSSR count). The maximum atomic E-state index is 9.74. The molecule has 0 fully saturated rings. The first-order chi connectivity index (χ1) is 16.0. The van der Waals surface area contributed by atoms with E-state index < -0.39 is 0 Å². The summed E-state index contributed by atoms with van der Waals surface area (Å²) in [5.41, 5.74) is 4.64. The Hall–Kier alpha value is -3.52. The van der Waals surface area contributed by atoms with Crippen LogP contribution in [0.25, 0.3) is 22.4 Å². The molecule has 1 aromatic carbocycles. The third kappa shape index (κ3) is 5.12. The molecule has 8 heteroatoms. The zero-order valence-corrected chi connectivity index (χ0v) is 19.5. The lowest BCUT2D eigenvalue weighted by atomic mass is 10.1. The normalized spacial score (nSPS) is 12.5. The van der Waals surface area contributed by atoms with E-state index in [4.69, 9.17) is 9.97 Å². The first kappa shape index (κ1) is 22.7. The molecular weight excluding hydrogens is 414 g/mol. The second-order valence-electron chi connectivity index (χ2n) is 8.76. The molecule has 0 aliphatic heterocycles. The van der Waals surface area contributed by atoms with Crippen LogP contribution < -0.4 is 10.6 Å². The van der Waals surface area contributed by atoms with Gasteiger partial charge >= 0.3 is 0 Å². The molecular formula is C25H31N7O. The predicted molar refractivity (Wildman–Crippen MR) is 132 cm³/mol. The van der Waals surface area contributed by atoms with Crippen LogP contribution in [0, 0.1) is 5.92 Å². The van der Waals surface area contributed by atoms with E-state index in [0.717, 1.165) is 28.0 Å². The minimum absolute atomic E-state index is 0.00783. The zero-order valence-electron chi connectivity index (χ0n) is 19.5. The summed E-state index contributed by atoms with van der Waals surface area (Å²) >= 11 is 0. The van der Waals surface area contributed by atoms with E-state index in [1.54, 1.807) is 12.5 Å². The summed E-state index contributed by atoms with van der Waals surface area (Å²) in [5, 5.41) is 16.5. The third-order valence-corrected chi connectivity index (χ3v) is 5.67. The first-order valence-electron chi connectivity index (χ1n) is 11.3. The fourth-order valence-corrected chi connectivity index (χ4v) is 3.58. The van der Waals surface area contributed by atoms with Gasteiger partial charge < -0.3 is 20.3 Å². The Kier molecular flexibility index (Phi) is 6.84. The molecule has 33 heavy (non-hydrogen) atoms. The van der Waals surface area contributed by atoms with Gasteiger partial charge in [-0.2, -0.15) is 9.97 Å². The van der Waals surface area contributed by atoms with Crippen LogP contribution in [0.15, 0.2) is 55.0 Å². The molecule has 0 radical (unpaired) electrons. The molecule has 3 aromatic heterocycles. The Morgan fingerprint density at radius 2 is 1.76 bits per heavy atom. The number of nitrogens with zero attached hydrogens (tertiary/aromatic N) is 5. The Balaban J connectivity index is 1.59. The van der Waals surface area contributed by atoms with Crippen LogP contribution in [-0.4, -0.2) is 42.3 Å². The SMILES string of the molecule is CC(C)[C@H](CO)Nc1nc(NCc2ccc(-c3ccccn3)cc2)c2ncn(C(C)C)c2n1. The highest BCUT2D eigenvalue weighted by Crippen LogP contribution is 2.25. The molecule has 0 aliphatic carbocycles. The van der Waals surface area contributed by atoms with E-state index in [0.29, 0.717) is 18.3 Å². The number of aliphatic hydroxyl groups is 1. The largest absolute Gasteiger partial charge is 0.394 e. The average Bonchev–Trinajstić information content (AvgIpc) is 3.26. The second-order valence-corrected chi connectivity index (χ2v) is 8.76. The van der Waals surface area contributed by atoms with Crippen LogP contribution in [-0.2, 0) is 6.54 Å². The van der Waals surface area contributed by atoms with Crippen LogP contribution in [0.4, 0.5) is 11.8 Å². The highest BCUT2D eigenvalue weighted by Gasteiger charge is 2.18. The van der Waals surface area contributed by atoms with Crippen molar-refractivity contribution in [3.63, 3.8) is 0 Å². The number of hydrogen-bond donors (Lipinski definition) is 3. The molecule has 0 saturated heterocycles. The van der Waals surface area contributed by atoms with E-state index in [1.807, 2.05) is 22.8 Å². The van der Waals surface area contributed by atoms with Crippen molar-refractivity contribution in [3.05, 3.63) is 60.6 Å². The monoisotopic (exact) mass is 445 g/mol. The van der Waals surface area contributed by atoms with Crippen LogP contribution >= 0.6 is 0 Å². The van der Waals surface area contributed by atoms with Crippen molar-refractivity contribution in [2.45, 2.75) is 46.3 Å². The number of hydrogen-bond acceptors (Lipinski definition) is 7. The molecule has 0 aliphatic rings. The molecule has 0 saturated carbocycles. The van der Waals surface area contributed by atoms with Crippen molar-refractivity contribution in [2.75, 3.05) is 17.2 Å². The average molecular weight is 446 g/mol. The molecule has 8 nitrogen and oxygen atoms in total. The molecule has 0 amide bonds. The summed E-state index contributed by atoms with van der Waals surface area (Å²) in [6.45, 7) is 8.90. The topological polar surface area (TPSA) is 101 Å². The van der Waals surface area contributed by atoms with Gasteiger partial charge in [0.1, 0.15) is 0 Å². The van der Waals surface area contributed by atoms with E-state index in [2.05, 4.69) is 72.6 Å². The summed E-state index contributed by atoms with van der Waals surface area (Å²) < 4.78 is 2.03. The molecule has 0 bridgehead atoms. The van der Waals surface area contributed by atoms with Gasteiger partial charge in [-0.3, -0.25) is 4.98 Å². The fourth-order valence-electron chi connectivity index (χ4n) is 3.58. The minimum Gasteiger partial charge on any atom is -0.394 e. The van der Waals surface area contributed by atoms with E-state index in [1.165, 1.54) is 0 Å². The molecule has 3 heterocycles. The number of fused-ring (bicyclic) bond motifs is 1. The number of benzene rings is 1. The quantitative estimate of drug-likeness (QED) is 0.348. The van der Waals surface area contributed by atoms with Crippen molar-refractivity contribution in [1.82, 2.24) is 24.5 Å². The third-order valence-electron chi connectivity index (χ3n) is 5.67. The van der Waals surface area contributed by atoms with Crippen LogP contribution in [0.5, 0.6) is 0 Å². The summed E-state index contributed by atoms with van der Waals surface area (Å²) in [4.78, 5) is 18.4. The first-order valence-corrected chi connectivity index (χ1v) is 11.3. The zero-order chi connectivity index (χ0) is 23.4. The van der Waals surface area contributed by atoms with Crippen molar-refractivity contribution < 1.29 is 5.11 Å². The van der Waals surface area contributed by atoms with Gasteiger partial charge in [0, 0.05) is 24.3 Å². The lowest BCUT2D eigenvalue weighted by Crippen LogP contribution is -2.30. The van der Waals surface area contributed by atoms with Gasteiger partial charge in [0.15, 0.2) is 17.0 Å². The van der Waals surface area contributed by atoms with Gasteiger partial charge in [-0.05, 0) is 37.5 Å². The number of nitrogens with one attached hydrogen (secondary N) is 2. The Bertz CT molecular complexity index is 1190. The van der Waals surface area contributed by atoms with Gasteiger partial charge in [-0.25, -0.2) is 4.98 Å². The van der Waals surface area contributed by atoms with Crippen LogP contribution in [0.3, 0.4) is 0 Å². The van der Waals surface area contributed by atoms with Crippen LogP contribution in [0.2, 0.25) is 0 Å². The van der Waals surface area contributed by atoms with Crippen molar-refractivity contribution in [2.24, 2.45) is 5.92 Å². The van der Waals surface area contributed by atoms with Gasteiger partial charge in [0.25, 0.3) is 0 Å². The number of aromatic nitrogens is 5. The summed E-state index contributed by atoms with van der Waals surface area (Å²) in [6.07, 6.45) is 3.60. The number of imidazole rings is 1. The highest BCUT2D eigenvalue weighted by molar-refractivity contribution is 5.84. The molecule has 4 aromatic rings. The number of anilines is 2. The molecule has 1 atom stereocenters. The van der Waals surface area contributed by atoms with Gasteiger partial charge in [0.2, 0.25) is 5.95 Å². The lowest BCUT2D eigenvalue weighted by Gasteiger charge is -2.20. The maximum absolute atomic E-state index is 9.74. The highest BCUT2D eigenvalue weighted by atomic mass is 16.3. The number of rotatable bonds is 9. The smallest absolute Gasteiger partial charge is 0.227 e. The summed E-state index contributed by atoms with van der Waals surface area (Å²) in [6, 6.07) is 14.3. The lowest BCUT2D eigenvalue weighted by molar-refractivity contribution is 0.248. The molecule has 0 spiro atoms. The fraction of sp³-hybridized carbons (Fsp3) is 0.360. The summed E-state index contributed by atoms with van der Waals surface area (Å²) in [5.74, 6) is 1.38.